The predicted molar refractivity (Wildman–Crippen MR) is 87.0 cm³/mol. The van der Waals surface area contributed by atoms with Crippen molar-refractivity contribution < 1.29 is 21.6 Å². The van der Waals surface area contributed by atoms with Gasteiger partial charge in [-0.3, -0.25) is 0 Å². The molecule has 0 saturated carbocycles. The Balaban J connectivity index is 1.88. The van der Waals surface area contributed by atoms with Gasteiger partial charge in [0.2, 0.25) is 10.0 Å². The van der Waals surface area contributed by atoms with Gasteiger partial charge in [0.05, 0.1) is 17.9 Å². The molecule has 1 aromatic carbocycles. The van der Waals surface area contributed by atoms with E-state index in [1.54, 1.807) is 0 Å². The molecule has 0 aliphatic carbocycles. The van der Waals surface area contributed by atoms with Crippen LogP contribution in [0.25, 0.3) is 0 Å². The molecule has 1 saturated heterocycles. The molecule has 1 fully saturated rings. The van der Waals surface area contributed by atoms with Crippen LogP contribution in [0.1, 0.15) is 23.6 Å². The Morgan fingerprint density at radius 1 is 1.25 bits per heavy atom. The van der Waals surface area contributed by atoms with E-state index in [0.29, 0.717) is 18.5 Å². The Morgan fingerprint density at radius 3 is 2.42 bits per heavy atom. The summed E-state index contributed by atoms with van der Waals surface area (Å²) in [6.45, 7) is 0.607. The van der Waals surface area contributed by atoms with E-state index >= 15 is 0 Å². The van der Waals surface area contributed by atoms with E-state index in [4.69, 9.17) is 0 Å². The van der Waals surface area contributed by atoms with Gasteiger partial charge in [-0.25, -0.2) is 17.1 Å². The van der Waals surface area contributed by atoms with Crippen molar-refractivity contribution in [2.75, 3.05) is 19.3 Å². The molecule has 10 heteroatoms. The molecule has 0 spiro atoms. The number of thiol groups is 1. The monoisotopic (exact) mass is 379 g/mol. The smallest absolute Gasteiger partial charge is 0.234 e. The first-order valence-electron chi connectivity index (χ1n) is 7.25. The lowest BCUT2D eigenvalue weighted by Crippen LogP contribution is -2.44. The third-order valence-corrected chi connectivity index (χ3v) is 5.96. The maximum atomic E-state index is 12.7. The second-order valence-corrected chi connectivity index (χ2v) is 8.35. The zero-order valence-electron chi connectivity index (χ0n) is 12.7. The van der Waals surface area contributed by atoms with Crippen LogP contribution in [0, 0.1) is 5.92 Å². The van der Waals surface area contributed by atoms with Gasteiger partial charge in [-0.15, -0.1) is 0 Å². The van der Waals surface area contributed by atoms with Crippen molar-refractivity contribution in [3.63, 3.8) is 0 Å². The molecule has 5 nitrogen and oxygen atoms in total. The van der Waals surface area contributed by atoms with Gasteiger partial charge in [-0.05, 0) is 30.5 Å². The topological polar surface area (TPSA) is 53.0 Å². The highest BCUT2D eigenvalue weighted by Crippen LogP contribution is 2.41. The van der Waals surface area contributed by atoms with Gasteiger partial charge in [0.25, 0.3) is 0 Å². The quantitative estimate of drug-likeness (QED) is 0.804. The zero-order valence-corrected chi connectivity index (χ0v) is 14.4. The molecular weight excluding hydrogens is 363 g/mol. The highest BCUT2D eigenvalue weighted by atomic mass is 32.2. The van der Waals surface area contributed by atoms with Crippen LogP contribution in [-0.4, -0.2) is 42.2 Å². The molecule has 2 atom stereocenters. The number of sulfonamides is 1. The summed E-state index contributed by atoms with van der Waals surface area (Å²) in [6, 6.07) is 4.44. The number of hydrogen-bond donors (Lipinski definition) is 1. The van der Waals surface area contributed by atoms with Crippen LogP contribution in [0.15, 0.2) is 29.4 Å². The van der Waals surface area contributed by atoms with E-state index in [1.807, 2.05) is 0 Å². The average molecular weight is 379 g/mol. The molecule has 0 bridgehead atoms. The molecule has 132 valence electrons. The molecule has 24 heavy (non-hydrogen) atoms. The van der Waals surface area contributed by atoms with Crippen LogP contribution >= 0.6 is 12.8 Å². The number of hydrogen-bond acceptors (Lipinski definition) is 5. The summed E-state index contributed by atoms with van der Waals surface area (Å²) >= 11 is 4.29. The van der Waals surface area contributed by atoms with E-state index < -0.39 is 27.8 Å². The van der Waals surface area contributed by atoms with Gasteiger partial charge in [0.1, 0.15) is 0 Å². The minimum Gasteiger partial charge on any atom is -0.234 e. The molecule has 3 rings (SSSR count). The van der Waals surface area contributed by atoms with Crippen molar-refractivity contribution in [1.29, 1.82) is 0 Å². The number of alkyl halides is 3. The fourth-order valence-electron chi connectivity index (χ4n) is 3.14. The molecule has 0 unspecified atom stereocenters. The van der Waals surface area contributed by atoms with Crippen LogP contribution in [0.4, 0.5) is 13.2 Å². The van der Waals surface area contributed by atoms with Gasteiger partial charge >= 0.3 is 6.18 Å². The first kappa shape index (κ1) is 17.6. The fraction of sp³-hybridized carbons (Fsp3) is 0.500. The maximum absolute atomic E-state index is 12.7. The van der Waals surface area contributed by atoms with Crippen molar-refractivity contribution in [2.45, 2.75) is 18.6 Å². The SMILES string of the molecule is CS(=O)(=O)N1CCC2=NN(S)[C@H](c3ccc(C(F)(F)F)cc3)[C@@H]2C1. The number of fused-ring (bicyclic) bond motifs is 1. The molecule has 2 aliphatic rings. The fourth-order valence-corrected chi connectivity index (χ4v) is 4.40. The van der Waals surface area contributed by atoms with Crippen molar-refractivity contribution in [1.82, 2.24) is 8.72 Å². The Labute approximate surface area is 143 Å². The number of piperidine rings is 1. The molecule has 1 aromatic rings. The summed E-state index contributed by atoms with van der Waals surface area (Å²) in [6.07, 6.45) is -2.75. The van der Waals surface area contributed by atoms with Crippen LogP contribution in [-0.2, 0) is 16.2 Å². The van der Waals surface area contributed by atoms with Crippen molar-refractivity contribution in [3.8, 4) is 0 Å². The van der Waals surface area contributed by atoms with Crippen LogP contribution in [0.3, 0.4) is 0 Å². The number of rotatable bonds is 2. The highest BCUT2D eigenvalue weighted by Gasteiger charge is 2.42. The Kier molecular flexibility index (Phi) is 4.33. The normalized spacial score (nSPS) is 25.5. The summed E-state index contributed by atoms with van der Waals surface area (Å²) in [7, 11) is -3.33. The molecule has 2 heterocycles. The summed E-state index contributed by atoms with van der Waals surface area (Å²) in [5, 5.41) is 4.33. The summed E-state index contributed by atoms with van der Waals surface area (Å²) in [4.78, 5) is 0. The van der Waals surface area contributed by atoms with E-state index in [0.717, 1.165) is 24.1 Å². The van der Waals surface area contributed by atoms with Gasteiger partial charge in [0, 0.05) is 31.1 Å². The number of halogens is 3. The first-order chi connectivity index (χ1) is 11.1. The standard InChI is InChI=1S/C14H16F3N3O2S2/c1-24(21,22)19-7-6-12-11(8-19)13(20(23)18-12)9-2-4-10(5-3-9)14(15,16)17/h2-5,11,13,23H,6-8H2,1H3/t11-,13-/m1/s1. The second kappa shape index (κ2) is 5.92. The lowest BCUT2D eigenvalue weighted by molar-refractivity contribution is -0.137. The number of nitrogens with zero attached hydrogens (tertiary/aromatic N) is 3. The van der Waals surface area contributed by atoms with E-state index in [1.165, 1.54) is 20.9 Å². The predicted octanol–water partition coefficient (Wildman–Crippen LogP) is 2.54. The number of hydrazone groups is 1. The Hall–Kier alpha value is -1.26. The van der Waals surface area contributed by atoms with Gasteiger partial charge < -0.3 is 0 Å². The molecular formula is C14H16F3N3O2S2. The molecule has 2 aliphatic heterocycles. The van der Waals surface area contributed by atoms with Gasteiger partial charge in [0.15, 0.2) is 0 Å². The maximum Gasteiger partial charge on any atom is 0.416 e. The minimum atomic E-state index is -4.39. The number of benzene rings is 1. The summed E-state index contributed by atoms with van der Waals surface area (Å²) in [5.74, 6) is -0.220. The summed E-state index contributed by atoms with van der Waals surface area (Å²) < 4.78 is 64.5. The first-order valence-corrected chi connectivity index (χ1v) is 9.50. The van der Waals surface area contributed by atoms with E-state index in [9.17, 15) is 21.6 Å². The van der Waals surface area contributed by atoms with Gasteiger partial charge in [-0.1, -0.05) is 12.1 Å². The molecule has 0 amide bonds. The lowest BCUT2D eigenvalue weighted by Gasteiger charge is -2.33. The van der Waals surface area contributed by atoms with Gasteiger partial charge in [-0.2, -0.15) is 18.3 Å². The lowest BCUT2D eigenvalue weighted by atomic mass is 9.87. The molecule has 0 N–H and O–H groups in total. The van der Waals surface area contributed by atoms with Crippen molar-refractivity contribution >= 4 is 28.5 Å². The second-order valence-electron chi connectivity index (χ2n) is 5.95. The Bertz CT molecular complexity index is 762. The van der Waals surface area contributed by atoms with Crippen LogP contribution < -0.4 is 0 Å². The third kappa shape index (κ3) is 3.27. The van der Waals surface area contributed by atoms with Crippen LogP contribution in [0.5, 0.6) is 0 Å². The summed E-state index contributed by atoms with van der Waals surface area (Å²) in [5.41, 5.74) is 0.726. The largest absolute Gasteiger partial charge is 0.416 e. The van der Waals surface area contributed by atoms with E-state index in [-0.39, 0.29) is 12.5 Å². The zero-order chi connectivity index (χ0) is 17.7. The minimum absolute atomic E-state index is 0.220. The third-order valence-electron chi connectivity index (χ3n) is 4.36. The van der Waals surface area contributed by atoms with Crippen LogP contribution in [0.2, 0.25) is 0 Å². The molecule has 0 aromatic heterocycles. The van der Waals surface area contributed by atoms with Crippen molar-refractivity contribution in [3.05, 3.63) is 35.4 Å². The van der Waals surface area contributed by atoms with E-state index in [2.05, 4.69) is 17.9 Å². The highest BCUT2D eigenvalue weighted by molar-refractivity contribution is 7.88. The Morgan fingerprint density at radius 2 is 1.88 bits per heavy atom. The average Bonchev–Trinajstić information content (AvgIpc) is 2.80. The molecule has 0 radical (unpaired) electrons. The van der Waals surface area contributed by atoms with Crippen molar-refractivity contribution in [2.24, 2.45) is 11.0 Å².